The van der Waals surface area contributed by atoms with E-state index < -0.39 is 6.09 Å². The molecule has 0 radical (unpaired) electrons. The van der Waals surface area contributed by atoms with Gasteiger partial charge in [-0.3, -0.25) is 4.79 Å². The third-order valence-electron chi connectivity index (χ3n) is 5.42. The fraction of sp³-hybridized carbons (Fsp3) is 0.333. The number of H-pyrrole nitrogens is 1. The number of pyridine rings is 1. The molecule has 1 aliphatic rings. The lowest BCUT2D eigenvalue weighted by Crippen LogP contribution is -2.43. The maximum absolute atomic E-state index is 12.9. The van der Waals surface area contributed by atoms with E-state index in [0.717, 1.165) is 24.1 Å². The van der Waals surface area contributed by atoms with Gasteiger partial charge < -0.3 is 25.5 Å². The molecule has 4 rings (SSSR count). The molecule has 4 N–H and O–H groups in total. The molecule has 0 aliphatic carbocycles. The number of hydrogen-bond donors (Lipinski definition) is 3. The molecule has 1 amide bonds. The minimum atomic E-state index is -0.900. The smallest absolute Gasteiger partial charge is 0.407 e. The number of carbonyl (C=O) groups is 1. The van der Waals surface area contributed by atoms with Crippen LogP contribution in [0, 0.1) is 0 Å². The molecular weight excluding hydrogens is 426 g/mol. The summed E-state index contributed by atoms with van der Waals surface area (Å²) in [6, 6.07) is 6.96. The van der Waals surface area contributed by atoms with E-state index in [4.69, 9.17) is 22.1 Å². The second kappa shape index (κ2) is 8.57. The summed E-state index contributed by atoms with van der Waals surface area (Å²) < 4.78 is 6.15. The van der Waals surface area contributed by atoms with Gasteiger partial charge in [-0.15, -0.1) is 11.3 Å². The molecule has 1 unspecified atom stereocenters. The highest BCUT2D eigenvalue weighted by atomic mass is 35.5. The van der Waals surface area contributed by atoms with E-state index >= 15 is 0 Å². The molecule has 1 atom stereocenters. The molecule has 30 heavy (non-hydrogen) atoms. The first-order valence-electron chi connectivity index (χ1n) is 9.77. The van der Waals surface area contributed by atoms with Crippen molar-refractivity contribution >= 4 is 45.6 Å². The monoisotopic (exact) mass is 447 g/mol. The number of nitrogens with two attached hydrogens (primary N) is 1. The van der Waals surface area contributed by atoms with Gasteiger partial charge in [0.05, 0.1) is 28.4 Å². The number of halogens is 1. The predicted octanol–water partition coefficient (Wildman–Crippen LogP) is 4.79. The van der Waals surface area contributed by atoms with Crippen molar-refractivity contribution in [3.63, 3.8) is 0 Å². The SMILES string of the molecule is Nc1cc2c(OCCC3CCCCN3C(=O)O)c(-c3cccs3)c(=O)[nH]c2cc1Cl. The number of carboxylic acid groups (broad SMARTS) is 1. The van der Waals surface area contributed by atoms with Crippen molar-refractivity contribution in [3.8, 4) is 16.2 Å². The van der Waals surface area contributed by atoms with Gasteiger partial charge in [-0.1, -0.05) is 17.7 Å². The second-order valence-electron chi connectivity index (χ2n) is 7.32. The van der Waals surface area contributed by atoms with Gasteiger partial charge in [-0.2, -0.15) is 0 Å². The molecule has 7 nitrogen and oxygen atoms in total. The number of likely N-dealkylation sites (tertiary alicyclic amines) is 1. The van der Waals surface area contributed by atoms with E-state index in [1.54, 1.807) is 12.1 Å². The maximum atomic E-state index is 12.9. The summed E-state index contributed by atoms with van der Waals surface area (Å²) in [5, 5.41) is 12.4. The lowest BCUT2D eigenvalue weighted by molar-refractivity contribution is 0.0969. The number of ether oxygens (including phenoxy) is 1. The summed E-state index contributed by atoms with van der Waals surface area (Å²) in [7, 11) is 0. The van der Waals surface area contributed by atoms with E-state index in [1.807, 2.05) is 17.5 Å². The number of thiophene rings is 1. The molecule has 0 bridgehead atoms. The van der Waals surface area contributed by atoms with Crippen molar-refractivity contribution in [2.24, 2.45) is 0 Å². The minimum absolute atomic E-state index is 0.0887. The molecule has 158 valence electrons. The summed E-state index contributed by atoms with van der Waals surface area (Å²) >= 11 is 7.58. The minimum Gasteiger partial charge on any atom is -0.492 e. The van der Waals surface area contributed by atoms with Crippen LogP contribution in [-0.4, -0.2) is 40.3 Å². The van der Waals surface area contributed by atoms with Crippen LogP contribution in [0.15, 0.2) is 34.4 Å². The zero-order valence-electron chi connectivity index (χ0n) is 16.2. The number of anilines is 1. The number of rotatable bonds is 5. The fourth-order valence-electron chi connectivity index (χ4n) is 3.95. The number of hydrogen-bond acceptors (Lipinski definition) is 5. The normalized spacial score (nSPS) is 16.7. The molecule has 3 heterocycles. The topological polar surface area (TPSA) is 109 Å². The summed E-state index contributed by atoms with van der Waals surface area (Å²) in [4.78, 5) is 29.5. The lowest BCUT2D eigenvalue weighted by atomic mass is 10.0. The number of amides is 1. The van der Waals surface area contributed by atoms with Gasteiger partial charge in [0.25, 0.3) is 5.56 Å². The number of nitrogens with one attached hydrogen (secondary N) is 1. The highest BCUT2D eigenvalue weighted by molar-refractivity contribution is 7.13. The summed E-state index contributed by atoms with van der Waals surface area (Å²) in [6.07, 6.45) is 2.34. The quantitative estimate of drug-likeness (QED) is 0.487. The molecule has 2 aromatic heterocycles. The molecule has 1 aliphatic heterocycles. The highest BCUT2D eigenvalue weighted by Gasteiger charge is 2.26. The average molecular weight is 448 g/mol. The Kier molecular flexibility index (Phi) is 5.87. The van der Waals surface area contributed by atoms with Crippen molar-refractivity contribution in [2.75, 3.05) is 18.9 Å². The molecule has 1 saturated heterocycles. The number of nitrogens with zero attached hydrogens (tertiary/aromatic N) is 1. The lowest BCUT2D eigenvalue weighted by Gasteiger charge is -2.33. The molecule has 0 spiro atoms. The molecule has 0 saturated carbocycles. The Morgan fingerprint density at radius 3 is 2.97 bits per heavy atom. The van der Waals surface area contributed by atoms with Crippen LogP contribution in [0.4, 0.5) is 10.5 Å². The van der Waals surface area contributed by atoms with E-state index in [2.05, 4.69) is 4.98 Å². The van der Waals surface area contributed by atoms with Crippen molar-refractivity contribution in [1.29, 1.82) is 0 Å². The van der Waals surface area contributed by atoms with Gasteiger partial charge in [0.2, 0.25) is 0 Å². The number of piperidine rings is 1. The summed E-state index contributed by atoms with van der Waals surface area (Å²) in [5.41, 5.74) is 7.11. The number of aromatic nitrogens is 1. The van der Waals surface area contributed by atoms with E-state index in [1.165, 1.54) is 16.2 Å². The van der Waals surface area contributed by atoms with Crippen LogP contribution in [0.3, 0.4) is 0 Å². The largest absolute Gasteiger partial charge is 0.492 e. The third-order valence-corrected chi connectivity index (χ3v) is 6.64. The Bertz CT molecular complexity index is 1130. The molecule has 1 fully saturated rings. The van der Waals surface area contributed by atoms with Crippen LogP contribution in [0.25, 0.3) is 21.3 Å². The van der Waals surface area contributed by atoms with Crippen molar-refractivity contribution in [1.82, 2.24) is 9.88 Å². The molecule has 9 heteroatoms. The van der Waals surface area contributed by atoms with E-state index in [9.17, 15) is 14.7 Å². The van der Waals surface area contributed by atoms with Gasteiger partial charge >= 0.3 is 6.09 Å². The van der Waals surface area contributed by atoms with Gasteiger partial charge in [-0.05, 0) is 42.8 Å². The van der Waals surface area contributed by atoms with Gasteiger partial charge in [-0.25, -0.2) is 4.79 Å². The number of fused-ring (bicyclic) bond motifs is 1. The third kappa shape index (κ3) is 3.97. The first kappa shape index (κ1) is 20.6. The van der Waals surface area contributed by atoms with Crippen LogP contribution in [-0.2, 0) is 0 Å². The Morgan fingerprint density at radius 1 is 1.40 bits per heavy atom. The Balaban J connectivity index is 1.69. The van der Waals surface area contributed by atoms with Gasteiger partial charge in [0.15, 0.2) is 0 Å². The Hall–Kier alpha value is -2.71. The van der Waals surface area contributed by atoms with E-state index in [-0.39, 0.29) is 18.2 Å². The van der Waals surface area contributed by atoms with Gasteiger partial charge in [0, 0.05) is 29.3 Å². The highest BCUT2D eigenvalue weighted by Crippen LogP contribution is 2.38. The van der Waals surface area contributed by atoms with Crippen LogP contribution in [0.2, 0.25) is 5.02 Å². The summed E-state index contributed by atoms with van der Waals surface area (Å²) in [5.74, 6) is 0.442. The average Bonchev–Trinajstić information content (AvgIpc) is 3.24. The zero-order chi connectivity index (χ0) is 21.3. The van der Waals surface area contributed by atoms with Crippen LogP contribution in [0.1, 0.15) is 25.7 Å². The number of benzene rings is 1. The number of aromatic amines is 1. The zero-order valence-corrected chi connectivity index (χ0v) is 17.8. The predicted molar refractivity (Wildman–Crippen MR) is 120 cm³/mol. The molecular formula is C21H22ClN3O4S. The fourth-order valence-corrected chi connectivity index (χ4v) is 4.88. The Morgan fingerprint density at radius 2 is 2.23 bits per heavy atom. The van der Waals surface area contributed by atoms with Crippen LogP contribution >= 0.6 is 22.9 Å². The van der Waals surface area contributed by atoms with Crippen LogP contribution in [0.5, 0.6) is 5.75 Å². The molecule has 1 aromatic carbocycles. The van der Waals surface area contributed by atoms with Crippen molar-refractivity contribution in [2.45, 2.75) is 31.7 Å². The number of nitrogen functional groups attached to an aromatic ring is 1. The summed E-state index contributed by atoms with van der Waals surface area (Å²) in [6.45, 7) is 0.831. The Labute approximate surface area is 182 Å². The van der Waals surface area contributed by atoms with Crippen molar-refractivity contribution in [3.05, 3.63) is 45.0 Å². The first-order valence-corrected chi connectivity index (χ1v) is 11.0. The standard InChI is InChI=1S/C21H22ClN3O4S/c22-14-11-16-13(10-15(14)23)19(18(20(26)24-16)17-5-3-9-30-17)29-8-6-12-4-1-2-7-25(12)21(27)28/h3,5,9-12H,1-2,4,6-8,23H2,(H,24,26)(H,27,28). The molecule has 3 aromatic rings. The van der Waals surface area contributed by atoms with Crippen molar-refractivity contribution < 1.29 is 14.6 Å². The van der Waals surface area contributed by atoms with Gasteiger partial charge in [0.1, 0.15) is 5.75 Å². The maximum Gasteiger partial charge on any atom is 0.407 e. The first-order chi connectivity index (χ1) is 14.5. The second-order valence-corrected chi connectivity index (χ2v) is 8.67. The van der Waals surface area contributed by atoms with E-state index in [0.29, 0.717) is 45.9 Å². The van der Waals surface area contributed by atoms with Crippen LogP contribution < -0.4 is 16.0 Å².